The molecule has 1 N–H and O–H groups in total. The molecule has 1 unspecified atom stereocenters. The Balaban J connectivity index is 1.53. The molecule has 1 aromatic carbocycles. The van der Waals surface area contributed by atoms with Gasteiger partial charge in [0.15, 0.2) is 9.84 Å². The topological polar surface area (TPSA) is 107 Å². The maximum Gasteiger partial charge on any atom is 0.317 e. The van der Waals surface area contributed by atoms with Crippen molar-refractivity contribution in [1.82, 2.24) is 20.0 Å². The Morgan fingerprint density at radius 3 is 2.55 bits per heavy atom. The zero-order valence-electron chi connectivity index (χ0n) is 17.6. The first-order chi connectivity index (χ1) is 14.6. The van der Waals surface area contributed by atoms with E-state index in [-0.39, 0.29) is 48.5 Å². The van der Waals surface area contributed by atoms with E-state index < -0.39 is 9.84 Å². The van der Waals surface area contributed by atoms with Crippen molar-refractivity contribution in [1.29, 1.82) is 0 Å². The van der Waals surface area contributed by atoms with Crippen molar-refractivity contribution in [2.75, 3.05) is 51.8 Å². The van der Waals surface area contributed by atoms with Gasteiger partial charge in [-0.3, -0.25) is 14.5 Å². The molecular formula is C20H27BrN4O5S. The molecular weight excluding hydrogens is 488 g/mol. The van der Waals surface area contributed by atoms with Crippen LogP contribution in [0.25, 0.3) is 0 Å². The van der Waals surface area contributed by atoms with Crippen LogP contribution in [0.3, 0.4) is 0 Å². The first kappa shape index (κ1) is 23.7. The number of hydrogen-bond acceptors (Lipinski definition) is 6. The van der Waals surface area contributed by atoms with Crippen molar-refractivity contribution in [3.8, 4) is 0 Å². The molecule has 31 heavy (non-hydrogen) atoms. The lowest BCUT2D eigenvalue weighted by atomic mass is 10.1. The number of fused-ring (bicyclic) bond motifs is 1. The second-order valence-corrected chi connectivity index (χ2v) is 11.2. The summed E-state index contributed by atoms with van der Waals surface area (Å²) in [6.07, 6.45) is 0.844. The Morgan fingerprint density at radius 2 is 1.90 bits per heavy atom. The van der Waals surface area contributed by atoms with Crippen molar-refractivity contribution < 1.29 is 22.8 Å². The summed E-state index contributed by atoms with van der Waals surface area (Å²) in [6, 6.07) is 4.32. The van der Waals surface area contributed by atoms with Crippen LogP contribution in [-0.4, -0.2) is 98.8 Å². The van der Waals surface area contributed by atoms with Gasteiger partial charge in [0.1, 0.15) is 0 Å². The SMILES string of the molecule is CN(C)CCN(C(=O)NCCCN1C(=O)c2ccc(Br)cc2C1=O)C1CCS(=O)(=O)C1. The summed E-state index contributed by atoms with van der Waals surface area (Å²) in [7, 11) is 0.671. The summed E-state index contributed by atoms with van der Waals surface area (Å²) in [5.41, 5.74) is 0.759. The maximum atomic E-state index is 12.7. The number of nitrogens with zero attached hydrogens (tertiary/aromatic N) is 3. The van der Waals surface area contributed by atoms with Crippen molar-refractivity contribution in [3.63, 3.8) is 0 Å². The molecule has 0 saturated carbocycles. The Morgan fingerprint density at radius 1 is 1.19 bits per heavy atom. The van der Waals surface area contributed by atoms with Crippen LogP contribution < -0.4 is 5.32 Å². The highest BCUT2D eigenvalue weighted by Crippen LogP contribution is 2.26. The monoisotopic (exact) mass is 514 g/mol. The molecule has 2 aliphatic rings. The standard InChI is InChI=1S/C20H27BrN4O5S/c1-23(2)9-10-24(15-6-11-31(29,30)13-15)20(28)22-7-3-8-25-18(26)16-5-4-14(21)12-17(16)19(25)27/h4-5,12,15H,3,6-11,13H2,1-2H3,(H,22,28). The number of imide groups is 1. The van der Waals surface area contributed by atoms with Crippen LogP contribution in [0.15, 0.2) is 22.7 Å². The van der Waals surface area contributed by atoms with Crippen LogP contribution in [0.5, 0.6) is 0 Å². The quantitative estimate of drug-likeness (QED) is 0.412. The molecule has 2 aliphatic heterocycles. The third-order valence-electron chi connectivity index (χ3n) is 5.47. The van der Waals surface area contributed by atoms with Gasteiger partial charge in [-0.2, -0.15) is 0 Å². The summed E-state index contributed by atoms with van der Waals surface area (Å²) in [5, 5.41) is 2.81. The lowest BCUT2D eigenvalue weighted by Crippen LogP contribution is -2.49. The molecule has 2 heterocycles. The number of benzene rings is 1. The van der Waals surface area contributed by atoms with Crippen molar-refractivity contribution in [3.05, 3.63) is 33.8 Å². The molecule has 170 valence electrons. The lowest BCUT2D eigenvalue weighted by molar-refractivity contribution is 0.0653. The Kier molecular flexibility index (Phi) is 7.38. The van der Waals surface area contributed by atoms with E-state index in [0.717, 1.165) is 4.47 Å². The van der Waals surface area contributed by atoms with E-state index in [1.165, 1.54) is 4.90 Å². The molecule has 1 atom stereocenters. The van der Waals surface area contributed by atoms with Gasteiger partial charge in [0.25, 0.3) is 11.8 Å². The predicted molar refractivity (Wildman–Crippen MR) is 120 cm³/mol. The molecule has 4 amide bonds. The van der Waals surface area contributed by atoms with Crippen LogP contribution in [0.4, 0.5) is 4.79 Å². The number of sulfone groups is 1. The first-order valence-corrected chi connectivity index (χ1v) is 12.8. The summed E-state index contributed by atoms with van der Waals surface area (Å²) < 4.78 is 24.4. The van der Waals surface area contributed by atoms with E-state index in [4.69, 9.17) is 0 Å². The maximum absolute atomic E-state index is 12.7. The minimum absolute atomic E-state index is 0.0154. The van der Waals surface area contributed by atoms with Gasteiger partial charge in [0, 0.05) is 36.7 Å². The first-order valence-electron chi connectivity index (χ1n) is 10.1. The number of nitrogens with one attached hydrogen (secondary N) is 1. The van der Waals surface area contributed by atoms with Crippen molar-refractivity contribution in [2.24, 2.45) is 0 Å². The van der Waals surface area contributed by atoms with Crippen LogP contribution >= 0.6 is 15.9 Å². The fraction of sp³-hybridized carbons (Fsp3) is 0.550. The molecule has 0 aromatic heterocycles. The van der Waals surface area contributed by atoms with Crippen LogP contribution in [-0.2, 0) is 9.84 Å². The van der Waals surface area contributed by atoms with E-state index in [9.17, 15) is 22.8 Å². The second kappa shape index (κ2) is 9.66. The van der Waals surface area contributed by atoms with Gasteiger partial charge >= 0.3 is 6.03 Å². The molecule has 1 aromatic rings. The van der Waals surface area contributed by atoms with E-state index in [2.05, 4.69) is 21.2 Å². The average Bonchev–Trinajstić information content (AvgIpc) is 3.16. The molecule has 3 rings (SSSR count). The summed E-state index contributed by atoms with van der Waals surface area (Å²) in [6.45, 7) is 1.51. The molecule has 1 saturated heterocycles. The fourth-order valence-electron chi connectivity index (χ4n) is 3.78. The number of urea groups is 1. The van der Waals surface area contributed by atoms with E-state index in [0.29, 0.717) is 37.1 Å². The normalized spacial score (nSPS) is 19.7. The molecule has 1 fully saturated rings. The lowest BCUT2D eigenvalue weighted by Gasteiger charge is -2.29. The van der Waals surface area contributed by atoms with E-state index in [1.54, 1.807) is 23.1 Å². The highest BCUT2D eigenvalue weighted by atomic mass is 79.9. The van der Waals surface area contributed by atoms with Crippen molar-refractivity contribution >= 4 is 43.6 Å². The molecule has 0 aliphatic carbocycles. The van der Waals surface area contributed by atoms with Gasteiger partial charge in [-0.05, 0) is 45.1 Å². The second-order valence-electron chi connectivity index (χ2n) is 8.09. The minimum Gasteiger partial charge on any atom is -0.338 e. The number of carbonyl (C=O) groups is 3. The molecule has 11 heteroatoms. The van der Waals surface area contributed by atoms with Gasteiger partial charge in [-0.1, -0.05) is 15.9 Å². The van der Waals surface area contributed by atoms with E-state index in [1.807, 2.05) is 19.0 Å². The largest absolute Gasteiger partial charge is 0.338 e. The Bertz CT molecular complexity index is 982. The van der Waals surface area contributed by atoms with Gasteiger partial charge in [-0.15, -0.1) is 0 Å². The predicted octanol–water partition coefficient (Wildman–Crippen LogP) is 1.20. The molecule has 9 nitrogen and oxygen atoms in total. The third-order valence-corrected chi connectivity index (χ3v) is 7.71. The molecule has 0 radical (unpaired) electrons. The number of carbonyl (C=O) groups excluding carboxylic acids is 3. The average molecular weight is 515 g/mol. The fourth-order valence-corrected chi connectivity index (χ4v) is 5.87. The Hall–Kier alpha value is -1.98. The Labute approximate surface area is 190 Å². The van der Waals surface area contributed by atoms with Gasteiger partial charge in [-0.25, -0.2) is 13.2 Å². The highest BCUT2D eigenvalue weighted by molar-refractivity contribution is 9.10. The van der Waals surface area contributed by atoms with Gasteiger partial charge < -0.3 is 15.1 Å². The number of amides is 4. The van der Waals surface area contributed by atoms with Crippen LogP contribution in [0.2, 0.25) is 0 Å². The van der Waals surface area contributed by atoms with Crippen molar-refractivity contribution in [2.45, 2.75) is 18.9 Å². The number of likely N-dealkylation sites (N-methyl/N-ethyl adjacent to an activating group) is 1. The number of rotatable bonds is 8. The van der Waals surface area contributed by atoms with Gasteiger partial charge in [0.05, 0.1) is 22.6 Å². The highest BCUT2D eigenvalue weighted by Gasteiger charge is 2.36. The van der Waals surface area contributed by atoms with Crippen LogP contribution in [0, 0.1) is 0 Å². The molecule has 0 bridgehead atoms. The zero-order chi connectivity index (χ0) is 22.8. The number of hydrogen-bond donors (Lipinski definition) is 1. The van der Waals surface area contributed by atoms with Crippen LogP contribution in [0.1, 0.15) is 33.6 Å². The summed E-state index contributed by atoms with van der Waals surface area (Å²) >= 11 is 3.31. The minimum atomic E-state index is -3.11. The smallest absolute Gasteiger partial charge is 0.317 e. The van der Waals surface area contributed by atoms with Gasteiger partial charge in [0.2, 0.25) is 0 Å². The molecule has 0 spiro atoms. The number of halogens is 1. The van der Waals surface area contributed by atoms with E-state index >= 15 is 0 Å². The third kappa shape index (κ3) is 5.64. The summed E-state index contributed by atoms with van der Waals surface area (Å²) in [4.78, 5) is 42.4. The zero-order valence-corrected chi connectivity index (χ0v) is 20.0. The summed E-state index contributed by atoms with van der Waals surface area (Å²) in [5.74, 6) is -0.587.